The maximum atomic E-state index is 13.1. The quantitative estimate of drug-likeness (QED) is 0.621. The van der Waals surface area contributed by atoms with Crippen molar-refractivity contribution in [2.45, 2.75) is 13.3 Å². The molecule has 146 valence electrons. The second-order valence-corrected chi connectivity index (χ2v) is 7.19. The van der Waals surface area contributed by atoms with Crippen LogP contribution in [0.25, 0.3) is 10.6 Å². The minimum absolute atomic E-state index is 0.0599. The van der Waals surface area contributed by atoms with Crippen LogP contribution in [0.1, 0.15) is 10.6 Å². The Morgan fingerprint density at radius 3 is 2.68 bits per heavy atom. The van der Waals surface area contributed by atoms with Crippen molar-refractivity contribution in [2.24, 2.45) is 0 Å². The first-order chi connectivity index (χ1) is 13.5. The molecule has 0 unspecified atom stereocenters. The third kappa shape index (κ3) is 5.29. The summed E-state index contributed by atoms with van der Waals surface area (Å²) >= 11 is 1.55. The van der Waals surface area contributed by atoms with Gasteiger partial charge in [0.25, 0.3) is 5.91 Å². The standard InChI is InChI=1S/C21H21FN2O3S/c1-14-19(28-21(24-14)15-6-8-16(22)9-7-15)10-11-23-20(25)13-27-18-5-3-4-17(12-18)26-2/h3-9,12H,10-11,13H2,1-2H3,(H,23,25). The number of halogens is 1. The molecule has 0 saturated heterocycles. The van der Waals surface area contributed by atoms with Crippen LogP contribution in [0.15, 0.2) is 48.5 Å². The molecule has 5 nitrogen and oxygen atoms in total. The van der Waals surface area contributed by atoms with E-state index in [1.165, 1.54) is 12.1 Å². The molecule has 0 aliphatic carbocycles. The largest absolute Gasteiger partial charge is 0.497 e. The predicted octanol–water partition coefficient (Wildman–Crippen LogP) is 4.00. The molecule has 7 heteroatoms. The molecule has 1 amide bonds. The van der Waals surface area contributed by atoms with E-state index in [9.17, 15) is 9.18 Å². The maximum Gasteiger partial charge on any atom is 0.257 e. The fourth-order valence-electron chi connectivity index (χ4n) is 2.58. The topological polar surface area (TPSA) is 60.5 Å². The Kier molecular flexibility index (Phi) is 6.60. The van der Waals surface area contributed by atoms with Gasteiger partial charge in [0.2, 0.25) is 0 Å². The Labute approximate surface area is 167 Å². The number of hydrogen-bond donors (Lipinski definition) is 1. The minimum atomic E-state index is -0.267. The second-order valence-electron chi connectivity index (χ2n) is 6.10. The van der Waals surface area contributed by atoms with Crippen LogP contribution in [-0.4, -0.2) is 31.2 Å². The number of amides is 1. The monoisotopic (exact) mass is 400 g/mol. The third-order valence-electron chi connectivity index (χ3n) is 4.07. The number of thiazole rings is 1. The van der Waals surface area contributed by atoms with E-state index in [1.54, 1.807) is 48.8 Å². The first-order valence-electron chi connectivity index (χ1n) is 8.81. The van der Waals surface area contributed by atoms with E-state index >= 15 is 0 Å². The van der Waals surface area contributed by atoms with Gasteiger partial charge in [0.05, 0.1) is 12.8 Å². The number of nitrogens with one attached hydrogen (secondary N) is 1. The highest BCUT2D eigenvalue weighted by atomic mass is 32.1. The van der Waals surface area contributed by atoms with Crippen LogP contribution in [0, 0.1) is 12.7 Å². The van der Waals surface area contributed by atoms with Crippen molar-refractivity contribution in [1.82, 2.24) is 10.3 Å². The summed E-state index contributed by atoms with van der Waals surface area (Å²) in [6.07, 6.45) is 0.676. The molecule has 2 aromatic carbocycles. The molecule has 0 spiro atoms. The highest BCUT2D eigenvalue weighted by molar-refractivity contribution is 7.15. The molecule has 0 atom stereocenters. The van der Waals surface area contributed by atoms with Crippen LogP contribution >= 0.6 is 11.3 Å². The lowest BCUT2D eigenvalue weighted by Crippen LogP contribution is -2.30. The number of benzene rings is 2. The van der Waals surface area contributed by atoms with Crippen LogP contribution < -0.4 is 14.8 Å². The fourth-order valence-corrected chi connectivity index (χ4v) is 3.65. The summed E-state index contributed by atoms with van der Waals surface area (Å²) in [5.41, 5.74) is 1.81. The molecular weight excluding hydrogens is 379 g/mol. The van der Waals surface area contributed by atoms with E-state index in [-0.39, 0.29) is 18.3 Å². The molecule has 0 aliphatic heterocycles. The van der Waals surface area contributed by atoms with E-state index in [2.05, 4.69) is 10.3 Å². The van der Waals surface area contributed by atoms with Crippen LogP contribution in [0.4, 0.5) is 4.39 Å². The van der Waals surface area contributed by atoms with Gasteiger partial charge in [0.1, 0.15) is 22.3 Å². The summed E-state index contributed by atoms with van der Waals surface area (Å²) in [6, 6.07) is 13.4. The number of hydrogen-bond acceptors (Lipinski definition) is 5. The van der Waals surface area contributed by atoms with E-state index in [0.29, 0.717) is 24.5 Å². The SMILES string of the molecule is COc1cccc(OCC(=O)NCCc2sc(-c3ccc(F)cc3)nc2C)c1. The summed E-state index contributed by atoms with van der Waals surface area (Å²) in [7, 11) is 1.58. The molecule has 0 radical (unpaired) electrons. The van der Waals surface area contributed by atoms with Crippen molar-refractivity contribution in [3.63, 3.8) is 0 Å². The Bertz CT molecular complexity index is 941. The Balaban J connectivity index is 1.48. The van der Waals surface area contributed by atoms with Crippen molar-refractivity contribution in [2.75, 3.05) is 20.3 Å². The smallest absolute Gasteiger partial charge is 0.257 e. The molecule has 0 aliphatic rings. The van der Waals surface area contributed by atoms with Crippen LogP contribution in [0.5, 0.6) is 11.5 Å². The second kappa shape index (κ2) is 9.32. The van der Waals surface area contributed by atoms with Crippen molar-refractivity contribution in [3.8, 4) is 22.1 Å². The fraction of sp³-hybridized carbons (Fsp3) is 0.238. The Morgan fingerprint density at radius 1 is 1.18 bits per heavy atom. The number of rotatable bonds is 8. The van der Waals surface area contributed by atoms with Crippen LogP contribution in [0.3, 0.4) is 0 Å². The number of aryl methyl sites for hydroxylation is 1. The highest BCUT2D eigenvalue weighted by Crippen LogP contribution is 2.28. The zero-order valence-corrected chi connectivity index (χ0v) is 16.5. The van der Waals surface area contributed by atoms with E-state index in [1.807, 2.05) is 13.0 Å². The Hall–Kier alpha value is -2.93. The van der Waals surface area contributed by atoms with Crippen LogP contribution in [0.2, 0.25) is 0 Å². The summed E-state index contributed by atoms with van der Waals surface area (Å²) in [5.74, 6) is 0.798. The predicted molar refractivity (Wildman–Crippen MR) is 107 cm³/mol. The average molecular weight is 400 g/mol. The molecule has 3 aromatic rings. The number of nitrogens with zero attached hydrogens (tertiary/aromatic N) is 1. The molecular formula is C21H21FN2O3S. The number of carbonyl (C=O) groups excluding carboxylic acids is 1. The normalized spacial score (nSPS) is 10.5. The van der Waals surface area contributed by atoms with Gasteiger partial charge >= 0.3 is 0 Å². The Morgan fingerprint density at radius 2 is 1.93 bits per heavy atom. The van der Waals surface area contributed by atoms with Crippen molar-refractivity contribution in [3.05, 3.63) is 64.9 Å². The summed E-state index contributed by atoms with van der Waals surface area (Å²) in [6.45, 7) is 2.37. The maximum absolute atomic E-state index is 13.1. The molecule has 1 N–H and O–H groups in total. The van der Waals surface area contributed by atoms with Gasteiger partial charge in [-0.2, -0.15) is 0 Å². The third-order valence-corrected chi connectivity index (χ3v) is 5.34. The van der Waals surface area contributed by atoms with Crippen molar-refractivity contribution < 1.29 is 18.7 Å². The molecule has 28 heavy (non-hydrogen) atoms. The number of carbonyl (C=O) groups is 1. The van der Waals surface area contributed by atoms with Gasteiger partial charge in [-0.1, -0.05) is 6.07 Å². The summed E-state index contributed by atoms with van der Waals surface area (Å²) < 4.78 is 23.7. The van der Waals surface area contributed by atoms with Gasteiger partial charge in [0.15, 0.2) is 6.61 Å². The van der Waals surface area contributed by atoms with Gasteiger partial charge in [-0.15, -0.1) is 11.3 Å². The van der Waals surface area contributed by atoms with Gasteiger partial charge < -0.3 is 14.8 Å². The van der Waals surface area contributed by atoms with Gasteiger partial charge in [-0.05, 0) is 43.3 Å². The van der Waals surface area contributed by atoms with Gasteiger partial charge in [-0.3, -0.25) is 4.79 Å². The van der Waals surface area contributed by atoms with Crippen molar-refractivity contribution in [1.29, 1.82) is 0 Å². The molecule has 0 fully saturated rings. The molecule has 1 heterocycles. The molecule has 0 bridgehead atoms. The summed E-state index contributed by atoms with van der Waals surface area (Å²) in [5, 5.41) is 3.70. The number of ether oxygens (including phenoxy) is 2. The molecule has 1 aromatic heterocycles. The van der Waals surface area contributed by atoms with Crippen LogP contribution in [-0.2, 0) is 11.2 Å². The zero-order chi connectivity index (χ0) is 19.9. The first kappa shape index (κ1) is 19.8. The first-order valence-corrected chi connectivity index (χ1v) is 9.62. The van der Waals surface area contributed by atoms with E-state index in [0.717, 1.165) is 21.1 Å². The lowest BCUT2D eigenvalue weighted by Gasteiger charge is -2.08. The number of methoxy groups -OCH3 is 1. The average Bonchev–Trinajstić information content (AvgIpc) is 3.07. The lowest BCUT2D eigenvalue weighted by molar-refractivity contribution is -0.123. The zero-order valence-electron chi connectivity index (χ0n) is 15.7. The molecule has 3 rings (SSSR count). The van der Waals surface area contributed by atoms with E-state index in [4.69, 9.17) is 9.47 Å². The van der Waals surface area contributed by atoms with Crippen molar-refractivity contribution >= 4 is 17.2 Å². The highest BCUT2D eigenvalue weighted by Gasteiger charge is 2.10. The summed E-state index contributed by atoms with van der Waals surface area (Å²) in [4.78, 5) is 17.6. The molecule has 0 saturated carbocycles. The van der Waals surface area contributed by atoms with E-state index < -0.39 is 0 Å². The van der Waals surface area contributed by atoms with Gasteiger partial charge in [0, 0.05) is 29.5 Å². The minimum Gasteiger partial charge on any atom is -0.497 e. The van der Waals surface area contributed by atoms with Gasteiger partial charge in [-0.25, -0.2) is 9.37 Å². The lowest BCUT2D eigenvalue weighted by atomic mass is 10.2. The number of aromatic nitrogens is 1.